The van der Waals surface area contributed by atoms with Gasteiger partial charge in [0.1, 0.15) is 12.1 Å². The molecule has 0 aromatic carbocycles. The summed E-state index contributed by atoms with van der Waals surface area (Å²) in [6.07, 6.45) is 8.52. The Bertz CT molecular complexity index is 1470. The molecular weight excluding hydrogens is 659 g/mol. The number of urea groups is 1. The lowest BCUT2D eigenvalue weighted by Gasteiger charge is -2.41. The van der Waals surface area contributed by atoms with Crippen molar-refractivity contribution in [2.45, 2.75) is 160 Å². The molecule has 0 radical (unpaired) electrons. The number of likely N-dealkylation sites (tertiary alicyclic amines) is 1. The first-order chi connectivity index (χ1) is 23.1. The van der Waals surface area contributed by atoms with Crippen LogP contribution in [0.1, 0.15) is 126 Å². The van der Waals surface area contributed by atoms with Gasteiger partial charge < -0.3 is 26.2 Å². The molecule has 5 rings (SSSR count). The number of fused-ring (bicyclic) bond motifs is 1. The number of carbonyl (C=O) groups excluding carboxylic acids is 5. The molecule has 282 valence electrons. The third kappa shape index (κ3) is 8.49. The number of piperidine rings is 1. The van der Waals surface area contributed by atoms with Gasteiger partial charge in [0.2, 0.25) is 17.6 Å². The fraction of sp³-hybridized carbons (Fsp3) is 0.865. The summed E-state index contributed by atoms with van der Waals surface area (Å²) in [5.41, 5.74) is -1.89. The molecule has 12 nitrogen and oxygen atoms in total. The van der Waals surface area contributed by atoms with Gasteiger partial charge >= 0.3 is 6.03 Å². The molecule has 4 saturated carbocycles. The molecule has 13 heteroatoms. The Morgan fingerprint density at radius 2 is 1.50 bits per heavy atom. The summed E-state index contributed by atoms with van der Waals surface area (Å²) in [6, 6.07) is -3.45. The highest BCUT2D eigenvalue weighted by molar-refractivity contribution is 7.92. The van der Waals surface area contributed by atoms with Crippen molar-refractivity contribution < 1.29 is 32.4 Å². The topological polar surface area (TPSA) is 171 Å². The predicted molar refractivity (Wildman–Crippen MR) is 191 cm³/mol. The van der Waals surface area contributed by atoms with Crippen LogP contribution in [0.3, 0.4) is 0 Å². The van der Waals surface area contributed by atoms with Crippen molar-refractivity contribution >= 4 is 39.4 Å². The Morgan fingerprint density at radius 3 is 2.04 bits per heavy atom. The van der Waals surface area contributed by atoms with Gasteiger partial charge in [0, 0.05) is 12.6 Å². The van der Waals surface area contributed by atoms with Gasteiger partial charge in [0.25, 0.3) is 5.91 Å². The first-order valence-corrected chi connectivity index (χ1v) is 20.5. The van der Waals surface area contributed by atoms with E-state index in [4.69, 9.17) is 0 Å². The molecule has 0 aromatic rings. The lowest BCUT2D eigenvalue weighted by Crippen LogP contribution is -2.64. The van der Waals surface area contributed by atoms with E-state index < -0.39 is 73.2 Å². The number of rotatable bonds is 13. The van der Waals surface area contributed by atoms with Crippen molar-refractivity contribution in [3.8, 4) is 0 Å². The highest BCUT2D eigenvalue weighted by Gasteiger charge is 2.70. The van der Waals surface area contributed by atoms with Gasteiger partial charge in [-0.3, -0.25) is 19.2 Å². The zero-order chi connectivity index (χ0) is 37.0. The van der Waals surface area contributed by atoms with E-state index in [-0.39, 0.29) is 29.0 Å². The van der Waals surface area contributed by atoms with Crippen LogP contribution in [-0.4, -0.2) is 89.6 Å². The second-order valence-corrected chi connectivity index (χ2v) is 21.4. The summed E-state index contributed by atoms with van der Waals surface area (Å²) < 4.78 is 25.7. The van der Waals surface area contributed by atoms with Crippen molar-refractivity contribution in [1.29, 1.82) is 0 Å². The van der Waals surface area contributed by atoms with E-state index in [2.05, 4.69) is 35.1 Å². The molecule has 50 heavy (non-hydrogen) atoms. The van der Waals surface area contributed by atoms with Crippen molar-refractivity contribution in [3.63, 3.8) is 0 Å². The maximum atomic E-state index is 14.5. The molecule has 5 atom stereocenters. The maximum absolute atomic E-state index is 14.5. The smallest absolute Gasteiger partial charge is 0.315 e. The standard InChI is InChI=1S/C37H61N5O7S/c1-34(2,3)29(40-33(47)41-37(18-10-9-11-19-37)21-50(48,49)35(4,5)6)32(46)42-20-24-26(36(24,7)8)27(42)30(44)39-25(17-14-22-12-13-22)28(43)31(45)38-23-15-16-23/h22-27,29H,9-21H2,1-8H3,(H,38,45)(H,39,44)(H2,40,41,47)/t24-,25+,26-,27?,29+/m0/s1. The number of nitrogens with one attached hydrogen (secondary N) is 4. The summed E-state index contributed by atoms with van der Waals surface area (Å²) in [6.45, 7) is 15.0. The molecule has 0 spiro atoms. The summed E-state index contributed by atoms with van der Waals surface area (Å²) in [5.74, 6) is -1.92. The molecular formula is C37H61N5O7S. The fourth-order valence-electron chi connectivity index (χ4n) is 8.13. The molecule has 5 fully saturated rings. The van der Waals surface area contributed by atoms with Gasteiger partial charge in [-0.05, 0) is 87.9 Å². The molecule has 1 unspecified atom stereocenters. The molecule has 0 aromatic heterocycles. The van der Waals surface area contributed by atoms with E-state index >= 15 is 0 Å². The highest BCUT2D eigenvalue weighted by atomic mass is 32.2. The van der Waals surface area contributed by atoms with Crippen LogP contribution in [0.25, 0.3) is 0 Å². The zero-order valence-corrected chi connectivity index (χ0v) is 32.3. The number of Topliss-reactive ketones (excluding diaryl/α,β-unsaturated/α-hetero) is 1. The van der Waals surface area contributed by atoms with E-state index in [0.717, 1.165) is 51.4 Å². The van der Waals surface area contributed by atoms with Crippen molar-refractivity contribution in [2.24, 2.45) is 28.6 Å². The zero-order valence-electron chi connectivity index (χ0n) is 31.4. The fourth-order valence-corrected chi connectivity index (χ4v) is 9.65. The molecule has 1 heterocycles. The summed E-state index contributed by atoms with van der Waals surface area (Å²) in [5, 5.41) is 11.6. The number of hydrogen-bond acceptors (Lipinski definition) is 7. The van der Waals surface area contributed by atoms with E-state index in [9.17, 15) is 32.4 Å². The van der Waals surface area contributed by atoms with E-state index in [1.54, 1.807) is 25.7 Å². The van der Waals surface area contributed by atoms with Crippen molar-refractivity contribution in [2.75, 3.05) is 12.3 Å². The Labute approximate surface area is 298 Å². The first kappa shape index (κ1) is 38.5. The molecule has 4 N–H and O–H groups in total. The van der Waals surface area contributed by atoms with Gasteiger partial charge in [0.15, 0.2) is 9.84 Å². The normalized spacial score (nSPS) is 27.0. The van der Waals surface area contributed by atoms with Gasteiger partial charge in [-0.1, -0.05) is 66.7 Å². The van der Waals surface area contributed by atoms with Crippen LogP contribution in [0.5, 0.6) is 0 Å². The highest BCUT2D eigenvalue weighted by Crippen LogP contribution is 2.65. The number of sulfone groups is 1. The van der Waals surface area contributed by atoms with Crippen molar-refractivity contribution in [1.82, 2.24) is 26.2 Å². The van der Waals surface area contributed by atoms with E-state index in [1.807, 2.05) is 20.8 Å². The third-order valence-electron chi connectivity index (χ3n) is 12.1. The molecule has 0 bridgehead atoms. The van der Waals surface area contributed by atoms with E-state index in [0.29, 0.717) is 31.7 Å². The van der Waals surface area contributed by atoms with Gasteiger partial charge in [-0.2, -0.15) is 0 Å². The Balaban J connectivity index is 1.33. The van der Waals surface area contributed by atoms with Crippen molar-refractivity contribution in [3.05, 3.63) is 0 Å². The second-order valence-electron chi connectivity index (χ2n) is 18.7. The van der Waals surface area contributed by atoms with Gasteiger partial charge in [-0.25, -0.2) is 13.2 Å². The molecule has 4 aliphatic carbocycles. The minimum Gasteiger partial charge on any atom is -0.347 e. The Kier molecular flexibility index (Phi) is 10.6. The molecule has 1 saturated heterocycles. The van der Waals surface area contributed by atoms with Crippen LogP contribution in [0.4, 0.5) is 4.79 Å². The number of hydrogen-bond donors (Lipinski definition) is 4. The number of carbonyl (C=O) groups is 5. The van der Waals surface area contributed by atoms with Crippen LogP contribution < -0.4 is 21.3 Å². The van der Waals surface area contributed by atoms with Gasteiger partial charge in [-0.15, -0.1) is 0 Å². The quantitative estimate of drug-likeness (QED) is 0.211. The SMILES string of the molecule is CC(C)(C)[C@H](NC(=O)NC1(CS(=O)(=O)C(C)(C)C)CCCCC1)C(=O)N1C[C@H]2[C@@H](C1C(=O)N[C@H](CCC1CC1)C(=O)C(=O)NC1CC1)C2(C)C. The average Bonchev–Trinajstić information content (AvgIpc) is 3.95. The summed E-state index contributed by atoms with van der Waals surface area (Å²) in [4.78, 5) is 70.1. The van der Waals surface area contributed by atoms with Crippen LogP contribution in [0.2, 0.25) is 0 Å². The van der Waals surface area contributed by atoms with E-state index in [1.165, 1.54) is 0 Å². The Hall–Kier alpha value is -2.70. The van der Waals surface area contributed by atoms with Crippen LogP contribution in [0.15, 0.2) is 0 Å². The maximum Gasteiger partial charge on any atom is 0.315 e. The minimum absolute atomic E-state index is 0.0112. The average molecular weight is 720 g/mol. The first-order valence-electron chi connectivity index (χ1n) is 18.8. The predicted octanol–water partition coefficient (Wildman–Crippen LogP) is 3.62. The summed E-state index contributed by atoms with van der Waals surface area (Å²) in [7, 11) is -3.56. The largest absolute Gasteiger partial charge is 0.347 e. The second kappa shape index (κ2) is 13.7. The molecule has 5 aliphatic rings. The van der Waals surface area contributed by atoms with Crippen LogP contribution in [0, 0.1) is 28.6 Å². The number of ketones is 1. The number of amides is 5. The monoisotopic (exact) mass is 719 g/mol. The lowest BCUT2D eigenvalue weighted by atomic mass is 9.83. The minimum atomic E-state index is -3.56. The third-order valence-corrected chi connectivity index (χ3v) is 14.9. The van der Waals surface area contributed by atoms with Gasteiger partial charge in [0.05, 0.1) is 22.1 Å². The summed E-state index contributed by atoms with van der Waals surface area (Å²) >= 11 is 0. The van der Waals surface area contributed by atoms with Crippen LogP contribution >= 0.6 is 0 Å². The van der Waals surface area contributed by atoms with Crippen LogP contribution in [-0.2, 0) is 29.0 Å². The molecule has 5 amide bonds. The lowest BCUT2D eigenvalue weighted by molar-refractivity contribution is -0.145. The number of nitrogens with zero attached hydrogens (tertiary/aromatic N) is 1. The Morgan fingerprint density at radius 1 is 0.880 bits per heavy atom. The molecule has 1 aliphatic heterocycles.